The van der Waals surface area contributed by atoms with Crippen molar-refractivity contribution in [2.45, 2.75) is 13.8 Å². The van der Waals surface area contributed by atoms with Crippen molar-refractivity contribution in [2.75, 3.05) is 25.1 Å². The highest BCUT2D eigenvalue weighted by atomic mass is 16.5. The van der Waals surface area contributed by atoms with E-state index >= 15 is 0 Å². The van der Waals surface area contributed by atoms with Crippen LogP contribution in [-0.4, -0.2) is 36.1 Å². The molecular formula is C19H21N3O2. The summed E-state index contributed by atoms with van der Waals surface area (Å²) in [7, 11) is 1.38. The van der Waals surface area contributed by atoms with Gasteiger partial charge in [-0.1, -0.05) is 0 Å². The number of ether oxygens (including phenoxy) is 1. The largest absolute Gasteiger partial charge is 0.465 e. The average Bonchev–Trinajstić information content (AvgIpc) is 3.06. The van der Waals surface area contributed by atoms with Crippen molar-refractivity contribution in [3.05, 3.63) is 48.0 Å². The molecule has 0 radical (unpaired) electrons. The van der Waals surface area contributed by atoms with Gasteiger partial charge in [0.1, 0.15) is 5.82 Å². The lowest BCUT2D eigenvalue weighted by atomic mass is 10.2. The van der Waals surface area contributed by atoms with Crippen LogP contribution in [-0.2, 0) is 4.74 Å². The fourth-order valence-corrected chi connectivity index (χ4v) is 2.81. The van der Waals surface area contributed by atoms with Gasteiger partial charge in [0.25, 0.3) is 0 Å². The van der Waals surface area contributed by atoms with Crippen LogP contribution in [0.1, 0.15) is 24.2 Å². The maximum atomic E-state index is 11.6. The number of nitrogens with zero attached hydrogens (tertiary/aromatic N) is 2. The van der Waals surface area contributed by atoms with E-state index in [0.717, 1.165) is 35.5 Å². The van der Waals surface area contributed by atoms with Crippen LogP contribution in [0.4, 0.5) is 5.69 Å². The Balaban J connectivity index is 1.93. The monoisotopic (exact) mass is 323 g/mol. The molecule has 1 aromatic heterocycles. The van der Waals surface area contributed by atoms with E-state index in [4.69, 9.17) is 4.74 Å². The molecule has 0 aliphatic heterocycles. The van der Waals surface area contributed by atoms with E-state index in [2.05, 4.69) is 53.0 Å². The third-order valence-electron chi connectivity index (χ3n) is 4.17. The van der Waals surface area contributed by atoms with Gasteiger partial charge in [0.05, 0.1) is 23.7 Å². The first kappa shape index (κ1) is 16.1. The lowest BCUT2D eigenvalue weighted by molar-refractivity contribution is 0.0601. The zero-order valence-corrected chi connectivity index (χ0v) is 14.2. The van der Waals surface area contributed by atoms with E-state index in [9.17, 15) is 4.79 Å². The number of nitrogens with one attached hydrogen (secondary N) is 1. The van der Waals surface area contributed by atoms with Crippen LogP contribution in [0.5, 0.6) is 0 Å². The molecule has 124 valence electrons. The molecule has 0 fully saturated rings. The summed E-state index contributed by atoms with van der Waals surface area (Å²) in [4.78, 5) is 21.8. The highest BCUT2D eigenvalue weighted by Crippen LogP contribution is 2.24. The Morgan fingerprint density at radius 1 is 1.12 bits per heavy atom. The third-order valence-corrected chi connectivity index (χ3v) is 4.17. The zero-order valence-electron chi connectivity index (χ0n) is 14.2. The van der Waals surface area contributed by atoms with Crippen molar-refractivity contribution in [3.8, 4) is 11.4 Å². The van der Waals surface area contributed by atoms with Gasteiger partial charge in [0.2, 0.25) is 0 Å². The number of esters is 1. The molecule has 0 aliphatic rings. The van der Waals surface area contributed by atoms with Crippen molar-refractivity contribution in [2.24, 2.45) is 0 Å². The summed E-state index contributed by atoms with van der Waals surface area (Å²) in [5, 5.41) is 0. The smallest absolute Gasteiger partial charge is 0.337 e. The number of imidazole rings is 1. The molecule has 0 spiro atoms. The van der Waals surface area contributed by atoms with Crippen LogP contribution in [0.15, 0.2) is 42.5 Å². The molecule has 3 aromatic rings. The summed E-state index contributed by atoms with van der Waals surface area (Å²) in [5.74, 6) is 0.440. The van der Waals surface area contributed by atoms with Crippen molar-refractivity contribution < 1.29 is 9.53 Å². The van der Waals surface area contributed by atoms with E-state index in [-0.39, 0.29) is 5.97 Å². The number of hydrogen-bond acceptors (Lipinski definition) is 4. The molecule has 5 heteroatoms. The molecule has 24 heavy (non-hydrogen) atoms. The van der Waals surface area contributed by atoms with Crippen LogP contribution < -0.4 is 4.90 Å². The lowest BCUT2D eigenvalue weighted by Gasteiger charge is -2.20. The summed E-state index contributed by atoms with van der Waals surface area (Å²) in [6.07, 6.45) is 0. The Labute approximate surface area is 141 Å². The summed E-state index contributed by atoms with van der Waals surface area (Å²) < 4.78 is 4.76. The van der Waals surface area contributed by atoms with Crippen LogP contribution in [0, 0.1) is 0 Å². The second-order valence-electron chi connectivity index (χ2n) is 5.53. The maximum absolute atomic E-state index is 11.6. The van der Waals surface area contributed by atoms with Gasteiger partial charge < -0.3 is 14.6 Å². The quantitative estimate of drug-likeness (QED) is 0.724. The number of anilines is 1. The SMILES string of the molecule is CCN(CC)c1ccc(-c2nc3ccc(C(=O)OC)cc3[nH]2)cc1. The summed E-state index contributed by atoms with van der Waals surface area (Å²) in [6, 6.07) is 13.7. The number of hydrogen-bond donors (Lipinski definition) is 1. The fourth-order valence-electron chi connectivity index (χ4n) is 2.81. The molecule has 0 saturated carbocycles. The Morgan fingerprint density at radius 2 is 1.83 bits per heavy atom. The molecule has 0 bridgehead atoms. The van der Waals surface area contributed by atoms with E-state index in [1.165, 1.54) is 12.8 Å². The molecule has 2 aromatic carbocycles. The Hall–Kier alpha value is -2.82. The van der Waals surface area contributed by atoms with Crippen molar-refractivity contribution in [3.63, 3.8) is 0 Å². The number of carbonyl (C=O) groups excluding carboxylic acids is 1. The Kier molecular flexibility index (Phi) is 4.51. The normalized spacial score (nSPS) is 10.8. The maximum Gasteiger partial charge on any atom is 0.337 e. The van der Waals surface area contributed by atoms with Gasteiger partial charge in [-0.3, -0.25) is 0 Å². The first-order valence-electron chi connectivity index (χ1n) is 8.09. The van der Waals surface area contributed by atoms with Gasteiger partial charge in [-0.15, -0.1) is 0 Å². The second kappa shape index (κ2) is 6.74. The zero-order chi connectivity index (χ0) is 17.1. The first-order valence-corrected chi connectivity index (χ1v) is 8.09. The third kappa shape index (κ3) is 2.97. The van der Waals surface area contributed by atoms with E-state index < -0.39 is 0 Å². The van der Waals surface area contributed by atoms with Crippen molar-refractivity contribution >= 4 is 22.7 Å². The number of rotatable bonds is 5. The molecule has 1 N–H and O–H groups in total. The van der Waals surface area contributed by atoms with Crippen LogP contribution >= 0.6 is 0 Å². The minimum atomic E-state index is -0.350. The predicted molar refractivity (Wildman–Crippen MR) is 96.4 cm³/mol. The highest BCUT2D eigenvalue weighted by Gasteiger charge is 2.10. The molecule has 0 aliphatic carbocycles. The van der Waals surface area contributed by atoms with Gasteiger partial charge in [-0.2, -0.15) is 0 Å². The number of methoxy groups -OCH3 is 1. The minimum absolute atomic E-state index is 0.350. The molecule has 0 unspecified atom stereocenters. The van der Waals surface area contributed by atoms with E-state index in [1.807, 2.05) is 6.07 Å². The Bertz CT molecular complexity index is 849. The van der Waals surface area contributed by atoms with Gasteiger partial charge >= 0.3 is 5.97 Å². The van der Waals surface area contributed by atoms with E-state index in [1.54, 1.807) is 12.1 Å². The molecule has 0 atom stereocenters. The number of benzene rings is 2. The molecule has 0 saturated heterocycles. The van der Waals surface area contributed by atoms with Crippen LogP contribution in [0.3, 0.4) is 0 Å². The first-order chi connectivity index (χ1) is 11.7. The van der Waals surface area contributed by atoms with Crippen LogP contribution in [0.25, 0.3) is 22.4 Å². The number of aromatic nitrogens is 2. The second-order valence-corrected chi connectivity index (χ2v) is 5.53. The van der Waals surface area contributed by atoms with Gasteiger partial charge in [0, 0.05) is 24.3 Å². The molecule has 3 rings (SSSR count). The number of aromatic amines is 1. The molecule has 5 nitrogen and oxygen atoms in total. The van der Waals surface area contributed by atoms with Crippen molar-refractivity contribution in [1.29, 1.82) is 0 Å². The minimum Gasteiger partial charge on any atom is -0.465 e. The predicted octanol–water partition coefficient (Wildman–Crippen LogP) is 3.86. The molecular weight excluding hydrogens is 302 g/mol. The number of carbonyl (C=O) groups is 1. The number of H-pyrrole nitrogens is 1. The van der Waals surface area contributed by atoms with E-state index in [0.29, 0.717) is 5.56 Å². The molecule has 0 amide bonds. The van der Waals surface area contributed by atoms with Gasteiger partial charge in [0.15, 0.2) is 0 Å². The standard InChI is InChI=1S/C19H21N3O2/c1-4-22(5-2)15-9-6-13(7-10-15)18-20-16-11-8-14(19(23)24-3)12-17(16)21-18/h6-12H,4-5H2,1-3H3,(H,20,21). The topological polar surface area (TPSA) is 58.2 Å². The Morgan fingerprint density at radius 3 is 2.46 bits per heavy atom. The van der Waals surface area contributed by atoms with Crippen molar-refractivity contribution in [1.82, 2.24) is 9.97 Å². The summed E-state index contributed by atoms with van der Waals surface area (Å²) in [5.41, 5.74) is 4.37. The number of fused-ring (bicyclic) bond motifs is 1. The fraction of sp³-hybridized carbons (Fsp3) is 0.263. The van der Waals surface area contributed by atoms with Gasteiger partial charge in [-0.25, -0.2) is 9.78 Å². The lowest BCUT2D eigenvalue weighted by Crippen LogP contribution is -2.21. The summed E-state index contributed by atoms with van der Waals surface area (Å²) >= 11 is 0. The summed E-state index contributed by atoms with van der Waals surface area (Å²) in [6.45, 7) is 6.26. The highest BCUT2D eigenvalue weighted by molar-refractivity contribution is 5.94. The average molecular weight is 323 g/mol. The van der Waals surface area contributed by atoms with Gasteiger partial charge in [-0.05, 0) is 56.3 Å². The molecule has 1 heterocycles. The van der Waals surface area contributed by atoms with Crippen LogP contribution in [0.2, 0.25) is 0 Å².